The first-order chi connectivity index (χ1) is 8.68. The van der Waals surface area contributed by atoms with Gasteiger partial charge in [-0.15, -0.1) is 0 Å². The molecule has 3 nitrogen and oxygen atoms in total. The molecule has 1 aliphatic rings. The van der Waals surface area contributed by atoms with Crippen molar-refractivity contribution < 1.29 is 9.18 Å². The molecule has 0 aliphatic carbocycles. The maximum absolute atomic E-state index is 13.6. The lowest BCUT2D eigenvalue weighted by Crippen LogP contribution is -2.47. The maximum atomic E-state index is 13.6. The zero-order valence-corrected chi connectivity index (χ0v) is 10.6. The summed E-state index contributed by atoms with van der Waals surface area (Å²) in [5.74, 6) is -0.313. The average Bonchev–Trinajstić information content (AvgIpc) is 2.40. The van der Waals surface area contributed by atoms with Crippen LogP contribution in [0, 0.1) is 5.82 Å². The molecule has 98 valence electrons. The Hall–Kier alpha value is -1.42. The summed E-state index contributed by atoms with van der Waals surface area (Å²) in [6.07, 6.45) is 3.04. The molecule has 1 heterocycles. The quantitative estimate of drug-likeness (QED) is 0.863. The third-order valence-corrected chi connectivity index (χ3v) is 3.36. The summed E-state index contributed by atoms with van der Waals surface area (Å²) in [6.45, 7) is 2.69. The van der Waals surface area contributed by atoms with E-state index in [1.165, 1.54) is 6.07 Å². The molecular weight excluding hydrogens is 231 g/mol. The van der Waals surface area contributed by atoms with Crippen LogP contribution >= 0.6 is 0 Å². The van der Waals surface area contributed by atoms with Crippen molar-refractivity contribution in [3.8, 4) is 0 Å². The third-order valence-electron chi connectivity index (χ3n) is 3.36. The van der Waals surface area contributed by atoms with Crippen LogP contribution in [0.2, 0.25) is 0 Å². The van der Waals surface area contributed by atoms with Crippen LogP contribution in [-0.2, 0) is 4.79 Å². The van der Waals surface area contributed by atoms with Crippen LogP contribution in [0.25, 0.3) is 0 Å². The Balaban J connectivity index is 1.96. The van der Waals surface area contributed by atoms with Crippen molar-refractivity contribution in [1.82, 2.24) is 10.6 Å². The van der Waals surface area contributed by atoms with Crippen LogP contribution in [0.5, 0.6) is 0 Å². The van der Waals surface area contributed by atoms with E-state index < -0.39 is 0 Å². The molecule has 1 amide bonds. The van der Waals surface area contributed by atoms with E-state index in [0.717, 1.165) is 25.8 Å². The van der Waals surface area contributed by atoms with Gasteiger partial charge in [0.15, 0.2) is 0 Å². The lowest BCUT2D eigenvalue weighted by molar-refractivity contribution is -0.124. The molecule has 0 saturated carbocycles. The normalized spacial score (nSPS) is 21.3. The van der Waals surface area contributed by atoms with Crippen molar-refractivity contribution in [1.29, 1.82) is 0 Å². The summed E-state index contributed by atoms with van der Waals surface area (Å²) in [5.41, 5.74) is 0.529. The number of amides is 1. The van der Waals surface area contributed by atoms with Crippen molar-refractivity contribution in [3.05, 3.63) is 35.6 Å². The molecule has 4 heteroatoms. The molecule has 1 aromatic carbocycles. The first kappa shape index (κ1) is 13.0. The Morgan fingerprint density at radius 3 is 2.89 bits per heavy atom. The lowest BCUT2D eigenvalue weighted by atomic mass is 10.0. The van der Waals surface area contributed by atoms with Gasteiger partial charge in [-0.2, -0.15) is 0 Å². The molecule has 1 aromatic rings. The molecule has 2 N–H and O–H groups in total. The smallest absolute Gasteiger partial charge is 0.237 e. The van der Waals surface area contributed by atoms with Crippen LogP contribution in [0.1, 0.15) is 37.8 Å². The van der Waals surface area contributed by atoms with Crippen molar-refractivity contribution in [2.75, 3.05) is 6.54 Å². The Morgan fingerprint density at radius 1 is 1.44 bits per heavy atom. The van der Waals surface area contributed by atoms with Crippen LogP contribution in [0.4, 0.5) is 4.39 Å². The lowest BCUT2D eigenvalue weighted by Gasteiger charge is -2.24. The van der Waals surface area contributed by atoms with E-state index in [0.29, 0.717) is 5.56 Å². The molecule has 0 radical (unpaired) electrons. The topological polar surface area (TPSA) is 41.1 Å². The summed E-state index contributed by atoms with van der Waals surface area (Å²) in [6, 6.07) is 6.11. The van der Waals surface area contributed by atoms with Gasteiger partial charge in [0, 0.05) is 5.56 Å². The number of rotatable bonds is 3. The summed E-state index contributed by atoms with van der Waals surface area (Å²) in [7, 11) is 0. The number of hydrogen-bond donors (Lipinski definition) is 2. The molecule has 0 unspecified atom stereocenters. The molecule has 0 spiro atoms. The van der Waals surface area contributed by atoms with Gasteiger partial charge in [0.1, 0.15) is 5.82 Å². The van der Waals surface area contributed by atoms with Gasteiger partial charge >= 0.3 is 0 Å². The van der Waals surface area contributed by atoms with Crippen LogP contribution in [0.15, 0.2) is 24.3 Å². The highest BCUT2D eigenvalue weighted by Crippen LogP contribution is 2.17. The average molecular weight is 250 g/mol. The minimum Gasteiger partial charge on any atom is -0.348 e. The number of halogens is 1. The van der Waals surface area contributed by atoms with E-state index >= 15 is 0 Å². The van der Waals surface area contributed by atoms with Crippen molar-refractivity contribution in [2.45, 2.75) is 38.3 Å². The number of hydrogen-bond acceptors (Lipinski definition) is 2. The van der Waals surface area contributed by atoms with Gasteiger partial charge in [0.2, 0.25) is 5.91 Å². The molecule has 1 aliphatic heterocycles. The second kappa shape index (κ2) is 5.96. The number of piperidine rings is 1. The van der Waals surface area contributed by atoms with E-state index in [-0.39, 0.29) is 23.8 Å². The zero-order chi connectivity index (χ0) is 13.0. The minimum atomic E-state index is -0.303. The summed E-state index contributed by atoms with van der Waals surface area (Å²) < 4.78 is 13.6. The van der Waals surface area contributed by atoms with Crippen molar-refractivity contribution in [2.24, 2.45) is 0 Å². The summed E-state index contributed by atoms with van der Waals surface area (Å²) >= 11 is 0. The van der Waals surface area contributed by atoms with Gasteiger partial charge in [-0.1, -0.05) is 24.6 Å². The highest BCUT2D eigenvalue weighted by Gasteiger charge is 2.22. The Labute approximate surface area is 107 Å². The van der Waals surface area contributed by atoms with Crippen LogP contribution in [-0.4, -0.2) is 18.5 Å². The Morgan fingerprint density at radius 2 is 2.22 bits per heavy atom. The van der Waals surface area contributed by atoms with Crippen LogP contribution in [0.3, 0.4) is 0 Å². The first-order valence-electron chi connectivity index (χ1n) is 6.46. The SMILES string of the molecule is C[C@@H](NC(=O)[C@H]1CCCCN1)c1ccccc1F. The van der Waals surface area contributed by atoms with E-state index in [4.69, 9.17) is 0 Å². The number of nitrogens with one attached hydrogen (secondary N) is 2. The van der Waals surface area contributed by atoms with E-state index in [1.54, 1.807) is 25.1 Å². The standard InChI is InChI=1S/C14H19FN2O/c1-10(11-6-2-3-7-12(11)15)17-14(18)13-8-4-5-9-16-13/h2-3,6-7,10,13,16H,4-5,8-9H2,1H3,(H,17,18)/t10-,13-/m1/s1. The molecule has 1 saturated heterocycles. The second-order valence-electron chi connectivity index (χ2n) is 4.75. The highest BCUT2D eigenvalue weighted by atomic mass is 19.1. The van der Waals surface area contributed by atoms with Crippen molar-refractivity contribution in [3.63, 3.8) is 0 Å². The van der Waals surface area contributed by atoms with Gasteiger partial charge in [-0.25, -0.2) is 4.39 Å². The molecule has 0 bridgehead atoms. The third kappa shape index (κ3) is 3.07. The molecular formula is C14H19FN2O. The van der Waals surface area contributed by atoms with Gasteiger partial charge in [0.05, 0.1) is 12.1 Å². The maximum Gasteiger partial charge on any atom is 0.237 e. The number of carbonyl (C=O) groups excluding carboxylic acids is 1. The molecule has 18 heavy (non-hydrogen) atoms. The predicted molar refractivity (Wildman–Crippen MR) is 68.6 cm³/mol. The van der Waals surface area contributed by atoms with Gasteiger partial charge in [0.25, 0.3) is 0 Å². The fraction of sp³-hybridized carbons (Fsp3) is 0.500. The first-order valence-corrected chi connectivity index (χ1v) is 6.46. The van der Waals surface area contributed by atoms with Crippen LogP contribution < -0.4 is 10.6 Å². The molecule has 0 aromatic heterocycles. The van der Waals surface area contributed by atoms with Gasteiger partial charge in [-0.05, 0) is 32.4 Å². The molecule has 1 fully saturated rings. The van der Waals surface area contributed by atoms with E-state index in [2.05, 4.69) is 10.6 Å². The predicted octanol–water partition coefficient (Wildman–Crippen LogP) is 2.14. The Kier molecular flexibility index (Phi) is 4.31. The zero-order valence-electron chi connectivity index (χ0n) is 10.6. The van der Waals surface area contributed by atoms with Gasteiger partial charge < -0.3 is 10.6 Å². The van der Waals surface area contributed by atoms with Crippen molar-refractivity contribution >= 4 is 5.91 Å². The van der Waals surface area contributed by atoms with E-state index in [1.807, 2.05) is 0 Å². The fourth-order valence-corrected chi connectivity index (χ4v) is 2.29. The molecule has 2 rings (SSSR count). The summed E-state index contributed by atoms with van der Waals surface area (Å²) in [4.78, 5) is 12.0. The Bertz CT molecular complexity index is 416. The highest BCUT2D eigenvalue weighted by molar-refractivity contribution is 5.82. The minimum absolute atomic E-state index is 0.0366. The largest absolute Gasteiger partial charge is 0.348 e. The van der Waals surface area contributed by atoms with E-state index in [9.17, 15) is 9.18 Å². The second-order valence-corrected chi connectivity index (χ2v) is 4.75. The monoisotopic (exact) mass is 250 g/mol. The summed E-state index contributed by atoms with van der Waals surface area (Å²) in [5, 5.41) is 6.05. The van der Waals surface area contributed by atoms with Gasteiger partial charge in [-0.3, -0.25) is 4.79 Å². The number of benzene rings is 1. The number of carbonyl (C=O) groups is 1. The molecule has 2 atom stereocenters. The fourth-order valence-electron chi connectivity index (χ4n) is 2.29.